The van der Waals surface area contributed by atoms with E-state index in [1.54, 1.807) is 0 Å². The van der Waals surface area contributed by atoms with Crippen LogP contribution in [0.5, 0.6) is 0 Å². The number of hydrogen-bond donors (Lipinski definition) is 2. The minimum absolute atomic E-state index is 0.339. The van der Waals surface area contributed by atoms with Crippen molar-refractivity contribution in [3.63, 3.8) is 0 Å². The Balaban J connectivity index is 1.66. The van der Waals surface area contributed by atoms with E-state index in [2.05, 4.69) is 20.8 Å². The van der Waals surface area contributed by atoms with Crippen molar-refractivity contribution < 1.29 is 4.79 Å². The standard InChI is InChI=1S/C18H19N5OS/c1-3-23(15-7-5-4-6-8-15)18-22-21-17(25-18)20-16(24)19-14-11-9-13(2)10-12-14/h4-12H,3H2,1-2H3,(H2,19,20,21,24). The third kappa shape index (κ3) is 4.33. The Hall–Kier alpha value is -2.93. The lowest BCUT2D eigenvalue weighted by Gasteiger charge is -2.18. The molecule has 0 unspecified atom stereocenters. The fourth-order valence-corrected chi connectivity index (χ4v) is 3.13. The van der Waals surface area contributed by atoms with Gasteiger partial charge in [-0.15, -0.1) is 10.2 Å². The van der Waals surface area contributed by atoms with Crippen molar-refractivity contribution in [3.8, 4) is 0 Å². The molecule has 3 aromatic rings. The Labute approximate surface area is 150 Å². The van der Waals surface area contributed by atoms with Gasteiger partial charge in [0.1, 0.15) is 0 Å². The molecule has 0 fully saturated rings. The number of aromatic nitrogens is 2. The first-order valence-electron chi connectivity index (χ1n) is 7.96. The highest BCUT2D eigenvalue weighted by molar-refractivity contribution is 7.19. The van der Waals surface area contributed by atoms with E-state index in [1.807, 2.05) is 73.3 Å². The summed E-state index contributed by atoms with van der Waals surface area (Å²) in [6.45, 7) is 4.80. The molecule has 2 aromatic carbocycles. The molecule has 2 N–H and O–H groups in total. The van der Waals surface area contributed by atoms with Gasteiger partial charge in [0.25, 0.3) is 0 Å². The first kappa shape index (κ1) is 16.9. The van der Waals surface area contributed by atoms with Crippen LogP contribution in [0.2, 0.25) is 0 Å². The highest BCUT2D eigenvalue weighted by Crippen LogP contribution is 2.30. The van der Waals surface area contributed by atoms with Gasteiger partial charge < -0.3 is 10.2 Å². The largest absolute Gasteiger partial charge is 0.325 e. The van der Waals surface area contributed by atoms with Crippen LogP contribution in [-0.2, 0) is 0 Å². The molecule has 2 amide bonds. The number of urea groups is 1. The van der Waals surface area contributed by atoms with Crippen LogP contribution in [-0.4, -0.2) is 22.8 Å². The summed E-state index contributed by atoms with van der Waals surface area (Å²) >= 11 is 1.33. The third-order valence-electron chi connectivity index (χ3n) is 3.56. The molecular weight excluding hydrogens is 334 g/mol. The van der Waals surface area contributed by atoms with Crippen LogP contribution in [0.25, 0.3) is 0 Å². The zero-order valence-electron chi connectivity index (χ0n) is 14.1. The molecule has 0 atom stereocenters. The maximum absolute atomic E-state index is 12.1. The molecule has 0 saturated carbocycles. The topological polar surface area (TPSA) is 70.2 Å². The number of anilines is 4. The average molecular weight is 353 g/mol. The van der Waals surface area contributed by atoms with Crippen LogP contribution >= 0.6 is 11.3 Å². The summed E-state index contributed by atoms with van der Waals surface area (Å²) < 4.78 is 0. The lowest BCUT2D eigenvalue weighted by Crippen LogP contribution is -2.19. The van der Waals surface area contributed by atoms with Crippen molar-refractivity contribution in [1.82, 2.24) is 10.2 Å². The number of rotatable bonds is 5. The van der Waals surface area contributed by atoms with Crippen molar-refractivity contribution in [1.29, 1.82) is 0 Å². The molecule has 0 spiro atoms. The SMILES string of the molecule is CCN(c1ccccc1)c1nnc(NC(=O)Nc2ccc(C)cc2)s1. The van der Waals surface area contributed by atoms with Gasteiger partial charge in [-0.05, 0) is 38.1 Å². The molecule has 0 radical (unpaired) electrons. The quantitative estimate of drug-likeness (QED) is 0.700. The van der Waals surface area contributed by atoms with Crippen LogP contribution in [0.15, 0.2) is 54.6 Å². The van der Waals surface area contributed by atoms with Gasteiger partial charge in [0.2, 0.25) is 10.3 Å². The summed E-state index contributed by atoms with van der Waals surface area (Å²) in [5, 5.41) is 14.9. The van der Waals surface area contributed by atoms with Gasteiger partial charge >= 0.3 is 6.03 Å². The minimum Gasteiger partial charge on any atom is -0.317 e. The van der Waals surface area contributed by atoms with Crippen LogP contribution in [0.4, 0.5) is 26.4 Å². The van der Waals surface area contributed by atoms with E-state index in [9.17, 15) is 4.79 Å². The minimum atomic E-state index is -0.339. The highest BCUT2D eigenvalue weighted by Gasteiger charge is 2.14. The summed E-state index contributed by atoms with van der Waals surface area (Å²) in [5.41, 5.74) is 2.91. The second kappa shape index (κ2) is 7.76. The number of para-hydroxylation sites is 1. The Morgan fingerprint density at radius 2 is 1.76 bits per heavy atom. The average Bonchev–Trinajstić information content (AvgIpc) is 3.06. The zero-order valence-corrected chi connectivity index (χ0v) is 14.9. The van der Waals surface area contributed by atoms with E-state index in [0.717, 1.165) is 28.6 Å². The molecule has 128 valence electrons. The molecule has 0 aliphatic heterocycles. The van der Waals surface area contributed by atoms with Crippen molar-refractivity contribution in [3.05, 3.63) is 60.2 Å². The first-order valence-corrected chi connectivity index (χ1v) is 8.78. The van der Waals surface area contributed by atoms with Gasteiger partial charge in [-0.1, -0.05) is 47.2 Å². The molecule has 0 bridgehead atoms. The Morgan fingerprint density at radius 3 is 2.44 bits per heavy atom. The van der Waals surface area contributed by atoms with Crippen molar-refractivity contribution in [2.45, 2.75) is 13.8 Å². The number of amides is 2. The molecule has 0 aliphatic rings. The molecule has 6 nitrogen and oxygen atoms in total. The fraction of sp³-hybridized carbons (Fsp3) is 0.167. The van der Waals surface area contributed by atoms with Gasteiger partial charge in [0.15, 0.2) is 0 Å². The van der Waals surface area contributed by atoms with Gasteiger partial charge in [0.05, 0.1) is 0 Å². The Kier molecular flexibility index (Phi) is 5.25. The molecule has 25 heavy (non-hydrogen) atoms. The summed E-state index contributed by atoms with van der Waals surface area (Å²) in [7, 11) is 0. The summed E-state index contributed by atoms with van der Waals surface area (Å²) in [4.78, 5) is 14.1. The number of carbonyl (C=O) groups excluding carboxylic acids is 1. The molecule has 7 heteroatoms. The molecule has 0 saturated heterocycles. The summed E-state index contributed by atoms with van der Waals surface area (Å²) in [6.07, 6.45) is 0. The number of aryl methyl sites for hydroxylation is 1. The molecule has 1 aromatic heterocycles. The van der Waals surface area contributed by atoms with Gasteiger partial charge in [-0.3, -0.25) is 5.32 Å². The second-order valence-corrected chi connectivity index (χ2v) is 6.37. The van der Waals surface area contributed by atoms with Crippen LogP contribution in [0.3, 0.4) is 0 Å². The Morgan fingerprint density at radius 1 is 1.04 bits per heavy atom. The number of benzene rings is 2. The van der Waals surface area contributed by atoms with E-state index in [-0.39, 0.29) is 6.03 Å². The molecule has 3 rings (SSSR count). The maximum atomic E-state index is 12.1. The van der Waals surface area contributed by atoms with Gasteiger partial charge in [0, 0.05) is 17.9 Å². The van der Waals surface area contributed by atoms with Gasteiger partial charge in [-0.2, -0.15) is 0 Å². The number of nitrogens with zero attached hydrogens (tertiary/aromatic N) is 3. The molecule has 0 aliphatic carbocycles. The lowest BCUT2D eigenvalue weighted by molar-refractivity contribution is 0.262. The van der Waals surface area contributed by atoms with Crippen molar-refractivity contribution in [2.24, 2.45) is 0 Å². The molecule has 1 heterocycles. The van der Waals surface area contributed by atoms with Gasteiger partial charge in [-0.25, -0.2) is 4.79 Å². The number of nitrogens with one attached hydrogen (secondary N) is 2. The van der Waals surface area contributed by atoms with Crippen LogP contribution in [0.1, 0.15) is 12.5 Å². The number of hydrogen-bond acceptors (Lipinski definition) is 5. The highest BCUT2D eigenvalue weighted by atomic mass is 32.1. The second-order valence-electron chi connectivity index (χ2n) is 5.41. The van der Waals surface area contributed by atoms with Crippen molar-refractivity contribution >= 4 is 39.0 Å². The third-order valence-corrected chi connectivity index (χ3v) is 4.42. The van der Waals surface area contributed by atoms with E-state index in [1.165, 1.54) is 11.3 Å². The maximum Gasteiger partial charge on any atom is 0.325 e. The van der Waals surface area contributed by atoms with Crippen LogP contribution < -0.4 is 15.5 Å². The van der Waals surface area contributed by atoms with Crippen LogP contribution in [0, 0.1) is 6.92 Å². The smallest absolute Gasteiger partial charge is 0.317 e. The normalized spacial score (nSPS) is 10.3. The summed E-state index contributed by atoms with van der Waals surface area (Å²) in [6, 6.07) is 17.2. The Bertz CT molecular complexity index is 832. The van der Waals surface area contributed by atoms with E-state index in [4.69, 9.17) is 0 Å². The first-order chi connectivity index (χ1) is 12.2. The van der Waals surface area contributed by atoms with E-state index < -0.39 is 0 Å². The fourth-order valence-electron chi connectivity index (χ4n) is 2.31. The van der Waals surface area contributed by atoms with E-state index >= 15 is 0 Å². The zero-order chi connectivity index (χ0) is 17.6. The predicted molar refractivity (Wildman–Crippen MR) is 103 cm³/mol. The predicted octanol–water partition coefficient (Wildman–Crippen LogP) is 4.65. The van der Waals surface area contributed by atoms with E-state index in [0.29, 0.717) is 5.13 Å². The molecular formula is C18H19N5OS. The summed E-state index contributed by atoms with van der Waals surface area (Å²) in [5.74, 6) is 0. The monoisotopic (exact) mass is 353 g/mol. The van der Waals surface area contributed by atoms with Crippen molar-refractivity contribution in [2.75, 3.05) is 22.1 Å². The lowest BCUT2D eigenvalue weighted by atomic mass is 10.2. The number of carbonyl (C=O) groups is 1.